The van der Waals surface area contributed by atoms with Gasteiger partial charge in [0.05, 0.1) is 27.8 Å². The van der Waals surface area contributed by atoms with Crippen molar-refractivity contribution in [3.8, 4) is 6.07 Å². The largest absolute Gasteiger partial charge is 0.416 e. The molecule has 0 radical (unpaired) electrons. The molecule has 0 aromatic heterocycles. The van der Waals surface area contributed by atoms with Crippen LogP contribution in [0.25, 0.3) is 0 Å². The Kier molecular flexibility index (Phi) is 7.48. The molecule has 32 heavy (non-hydrogen) atoms. The molecule has 1 amide bonds. The maximum Gasteiger partial charge on any atom is 0.416 e. The van der Waals surface area contributed by atoms with Crippen molar-refractivity contribution in [2.24, 2.45) is 0 Å². The number of nitriles is 1. The molecule has 2 aromatic rings. The van der Waals surface area contributed by atoms with Crippen molar-refractivity contribution in [2.75, 3.05) is 31.9 Å². The number of benzene rings is 2. The molecular formula is C21H20F3N3O3S2. The summed E-state index contributed by atoms with van der Waals surface area (Å²) in [6, 6.07) is 12.8. The smallest absolute Gasteiger partial charge is 0.339 e. The summed E-state index contributed by atoms with van der Waals surface area (Å²) >= 11 is 1.42. The number of hydrogen-bond donors (Lipinski definition) is 0. The van der Waals surface area contributed by atoms with Gasteiger partial charge in [0, 0.05) is 31.9 Å². The van der Waals surface area contributed by atoms with Crippen molar-refractivity contribution in [1.82, 2.24) is 9.21 Å². The van der Waals surface area contributed by atoms with Gasteiger partial charge in [-0.05, 0) is 35.9 Å². The summed E-state index contributed by atoms with van der Waals surface area (Å²) in [4.78, 5) is 13.6. The van der Waals surface area contributed by atoms with Crippen molar-refractivity contribution >= 4 is 27.7 Å². The average molecular weight is 484 g/mol. The summed E-state index contributed by atoms with van der Waals surface area (Å²) in [6.45, 7) is 0.387. The van der Waals surface area contributed by atoms with Crippen LogP contribution >= 0.6 is 11.8 Å². The zero-order chi connectivity index (χ0) is 23.4. The van der Waals surface area contributed by atoms with Crippen molar-refractivity contribution in [3.05, 3.63) is 65.2 Å². The van der Waals surface area contributed by atoms with Crippen molar-refractivity contribution in [1.29, 1.82) is 5.26 Å². The molecule has 0 unspecified atom stereocenters. The molecule has 1 fully saturated rings. The lowest BCUT2D eigenvalue weighted by Gasteiger charge is -2.34. The third kappa shape index (κ3) is 5.82. The van der Waals surface area contributed by atoms with Crippen LogP contribution in [-0.4, -0.2) is 55.5 Å². The molecule has 0 spiro atoms. The second-order valence-electron chi connectivity index (χ2n) is 7.11. The van der Waals surface area contributed by atoms with Gasteiger partial charge in [0.1, 0.15) is 0 Å². The highest BCUT2D eigenvalue weighted by molar-refractivity contribution is 7.99. The molecule has 0 atom stereocenters. The molecule has 170 valence electrons. The number of alkyl halides is 3. The first-order valence-electron chi connectivity index (χ1n) is 9.63. The zero-order valence-corrected chi connectivity index (χ0v) is 18.5. The van der Waals surface area contributed by atoms with Crippen molar-refractivity contribution < 1.29 is 26.4 Å². The second-order valence-corrected chi connectivity index (χ2v) is 10.0. The maximum atomic E-state index is 12.9. The van der Waals surface area contributed by atoms with Gasteiger partial charge < -0.3 is 4.90 Å². The Hall–Kier alpha value is -2.55. The number of sulfonamides is 1. The monoisotopic (exact) mass is 483 g/mol. The molecule has 1 heterocycles. The number of rotatable bonds is 6. The molecule has 0 N–H and O–H groups in total. The van der Waals surface area contributed by atoms with E-state index >= 15 is 0 Å². The summed E-state index contributed by atoms with van der Waals surface area (Å²) in [6.07, 6.45) is -4.63. The third-order valence-corrected chi connectivity index (χ3v) is 7.85. The van der Waals surface area contributed by atoms with Gasteiger partial charge in [-0.2, -0.15) is 22.7 Å². The normalized spacial score (nSPS) is 15.4. The van der Waals surface area contributed by atoms with Gasteiger partial charge in [-0.3, -0.25) is 4.79 Å². The van der Waals surface area contributed by atoms with Gasteiger partial charge in [0.25, 0.3) is 0 Å². The number of carbonyl (C=O) groups is 1. The van der Waals surface area contributed by atoms with Crippen molar-refractivity contribution in [3.63, 3.8) is 0 Å². The minimum absolute atomic E-state index is 0.0185. The summed E-state index contributed by atoms with van der Waals surface area (Å²) in [5.74, 6) is 0.696. The van der Waals surface area contributed by atoms with E-state index in [-0.39, 0.29) is 37.8 Å². The zero-order valence-electron chi connectivity index (χ0n) is 16.9. The summed E-state index contributed by atoms with van der Waals surface area (Å²) in [7, 11) is -4.09. The van der Waals surface area contributed by atoms with Gasteiger partial charge in [0.2, 0.25) is 15.9 Å². The molecule has 0 bridgehead atoms. The van der Waals surface area contributed by atoms with E-state index in [1.807, 2.05) is 18.2 Å². The molecular weight excluding hydrogens is 463 g/mol. The minimum Gasteiger partial charge on any atom is -0.339 e. The highest BCUT2D eigenvalue weighted by atomic mass is 32.2. The lowest BCUT2D eigenvalue weighted by Crippen LogP contribution is -2.51. The fourth-order valence-corrected chi connectivity index (χ4v) is 5.54. The van der Waals surface area contributed by atoms with Crippen LogP contribution in [0.5, 0.6) is 0 Å². The SMILES string of the molecule is N#Cc1ccc(CSCC(=O)N2CCN(S(=O)(=O)c3cccc(C(F)(F)F)c3)CC2)cc1. The first kappa shape index (κ1) is 24.1. The van der Waals surface area contributed by atoms with E-state index in [0.29, 0.717) is 17.4 Å². The first-order chi connectivity index (χ1) is 15.1. The molecule has 1 saturated heterocycles. The average Bonchev–Trinajstić information content (AvgIpc) is 2.79. The Bertz CT molecular complexity index is 1110. The highest BCUT2D eigenvalue weighted by Gasteiger charge is 2.34. The predicted octanol–water partition coefficient (Wildman–Crippen LogP) is 3.34. The van der Waals surface area contributed by atoms with Crippen LogP contribution in [0.3, 0.4) is 0 Å². The van der Waals surface area contributed by atoms with Crippen LogP contribution in [0.1, 0.15) is 16.7 Å². The molecule has 0 saturated carbocycles. The number of halogens is 3. The quantitative estimate of drug-likeness (QED) is 0.630. The third-order valence-electron chi connectivity index (χ3n) is 4.97. The molecule has 11 heteroatoms. The topological polar surface area (TPSA) is 81.5 Å². The van der Waals surface area contributed by atoms with E-state index in [9.17, 15) is 26.4 Å². The molecule has 2 aromatic carbocycles. The summed E-state index contributed by atoms with van der Waals surface area (Å²) in [5, 5.41) is 8.81. The first-order valence-corrected chi connectivity index (χ1v) is 12.2. The number of nitrogens with zero attached hydrogens (tertiary/aromatic N) is 3. The van der Waals surface area contributed by atoms with Crippen LogP contribution < -0.4 is 0 Å². The van der Waals surface area contributed by atoms with Gasteiger partial charge in [-0.15, -0.1) is 11.8 Å². The Balaban J connectivity index is 1.52. The number of hydrogen-bond acceptors (Lipinski definition) is 5. The van der Waals surface area contributed by atoms with E-state index in [0.717, 1.165) is 28.1 Å². The number of amides is 1. The second kappa shape index (κ2) is 9.94. The molecule has 1 aliphatic heterocycles. The summed E-state index contributed by atoms with van der Waals surface area (Å²) in [5.41, 5.74) is 0.526. The Morgan fingerprint density at radius 2 is 1.72 bits per heavy atom. The Morgan fingerprint density at radius 1 is 1.06 bits per heavy atom. The lowest BCUT2D eigenvalue weighted by molar-refractivity contribution is -0.137. The maximum absolute atomic E-state index is 12.9. The van der Waals surface area contributed by atoms with Gasteiger partial charge >= 0.3 is 6.18 Å². The van der Waals surface area contributed by atoms with Gasteiger partial charge in [-0.25, -0.2) is 8.42 Å². The fourth-order valence-electron chi connectivity index (χ4n) is 3.18. The van der Waals surface area contributed by atoms with Gasteiger partial charge in [-0.1, -0.05) is 18.2 Å². The van der Waals surface area contributed by atoms with E-state index in [1.165, 1.54) is 11.8 Å². The van der Waals surface area contributed by atoms with Crippen LogP contribution in [0.4, 0.5) is 13.2 Å². The summed E-state index contributed by atoms with van der Waals surface area (Å²) < 4.78 is 65.3. The number of piperazine rings is 1. The van der Waals surface area contributed by atoms with Crippen molar-refractivity contribution in [2.45, 2.75) is 16.8 Å². The van der Waals surface area contributed by atoms with E-state index in [4.69, 9.17) is 5.26 Å². The standard InChI is InChI=1S/C21H20F3N3O3S2/c22-21(23,24)18-2-1-3-19(12-18)32(29,30)27-10-8-26(9-11-27)20(28)15-31-14-17-6-4-16(13-25)5-7-17/h1-7,12H,8-11,14-15H2. The molecule has 0 aliphatic carbocycles. The molecule has 6 nitrogen and oxygen atoms in total. The van der Waals surface area contributed by atoms with Crippen LogP contribution in [-0.2, 0) is 26.7 Å². The molecule has 1 aliphatic rings. The van der Waals surface area contributed by atoms with Gasteiger partial charge in [0.15, 0.2) is 0 Å². The highest BCUT2D eigenvalue weighted by Crippen LogP contribution is 2.31. The van der Waals surface area contributed by atoms with Crippen LogP contribution in [0, 0.1) is 11.3 Å². The Morgan fingerprint density at radius 3 is 2.31 bits per heavy atom. The lowest BCUT2D eigenvalue weighted by atomic mass is 10.2. The van der Waals surface area contributed by atoms with E-state index < -0.39 is 26.7 Å². The predicted molar refractivity (Wildman–Crippen MR) is 114 cm³/mol. The van der Waals surface area contributed by atoms with E-state index in [2.05, 4.69) is 0 Å². The fraction of sp³-hybridized carbons (Fsp3) is 0.333. The minimum atomic E-state index is -4.63. The number of carbonyl (C=O) groups excluding carboxylic acids is 1. The Labute approximate surface area is 188 Å². The van der Waals surface area contributed by atoms with E-state index in [1.54, 1.807) is 17.0 Å². The van der Waals surface area contributed by atoms with Crippen LogP contribution in [0.2, 0.25) is 0 Å². The molecule has 3 rings (SSSR count). The number of thioether (sulfide) groups is 1. The van der Waals surface area contributed by atoms with Crippen LogP contribution in [0.15, 0.2) is 53.4 Å².